The van der Waals surface area contributed by atoms with Crippen LogP contribution in [0.1, 0.15) is 103 Å². The van der Waals surface area contributed by atoms with E-state index in [0.29, 0.717) is 0 Å². The van der Waals surface area contributed by atoms with Crippen LogP contribution in [0.25, 0.3) is 55.7 Å². The van der Waals surface area contributed by atoms with E-state index in [2.05, 4.69) is 157 Å². The molecule has 51 heavy (non-hydrogen) atoms. The second-order valence-electron chi connectivity index (χ2n) is 18.7. The van der Waals surface area contributed by atoms with Crippen molar-refractivity contribution in [3.63, 3.8) is 0 Å². The summed E-state index contributed by atoms with van der Waals surface area (Å²) in [5, 5.41) is 0. The highest BCUT2D eigenvalue weighted by Gasteiger charge is 2.49. The van der Waals surface area contributed by atoms with Crippen molar-refractivity contribution in [2.75, 3.05) is 0 Å². The van der Waals surface area contributed by atoms with Crippen LogP contribution in [-0.2, 0) is 21.7 Å². The highest BCUT2D eigenvalue weighted by molar-refractivity contribution is 7.00. The van der Waals surface area contributed by atoms with Crippen LogP contribution in [0.3, 0.4) is 0 Å². The Morgan fingerprint density at radius 1 is 0.529 bits per heavy atom. The van der Waals surface area contributed by atoms with E-state index in [-0.39, 0.29) is 28.4 Å². The highest BCUT2D eigenvalue weighted by Crippen LogP contribution is 2.54. The van der Waals surface area contributed by atoms with Gasteiger partial charge >= 0.3 is 0 Å². The Balaban J connectivity index is 1.36. The topological polar surface area (TPSA) is 35.6 Å². The molecule has 4 aliphatic rings. The quantitative estimate of drug-likeness (QED) is 0.152. The molecule has 0 unspecified atom stereocenters. The molecule has 0 atom stereocenters. The molecule has 4 heterocycles. The van der Waals surface area contributed by atoms with Crippen LogP contribution in [0.4, 0.5) is 0 Å². The smallest absolute Gasteiger partial charge is 0.252 e. The normalized spacial score (nSPS) is 16.7. The first-order chi connectivity index (χ1) is 24.1. The summed E-state index contributed by atoms with van der Waals surface area (Å²) in [5.41, 5.74) is 21.6. The third kappa shape index (κ3) is 3.31. The van der Waals surface area contributed by atoms with Gasteiger partial charge in [0.1, 0.15) is 11.6 Å². The fraction of sp³-hybridized carbons (Fsp3) is 0.304. The van der Waals surface area contributed by atoms with Gasteiger partial charge in [0.05, 0.1) is 22.1 Å². The zero-order chi connectivity index (χ0) is 35.3. The molecule has 2 aromatic heterocycles. The Morgan fingerprint density at radius 2 is 0.941 bits per heavy atom. The lowest BCUT2D eigenvalue weighted by Gasteiger charge is -2.36. The second kappa shape index (κ2) is 8.76. The van der Waals surface area contributed by atoms with Crippen molar-refractivity contribution in [1.29, 1.82) is 0 Å². The van der Waals surface area contributed by atoms with Crippen molar-refractivity contribution in [2.24, 2.45) is 0 Å². The van der Waals surface area contributed by atoms with Gasteiger partial charge in [0.2, 0.25) is 0 Å². The van der Waals surface area contributed by atoms with Gasteiger partial charge in [-0.05, 0) is 73.0 Å². The molecule has 0 saturated heterocycles. The van der Waals surface area contributed by atoms with Crippen LogP contribution < -0.4 is 16.4 Å². The SMILES string of the molecule is CC(C)(C)c1nc2c3c(cc4c2n1-c1cccc2c1B4c1cc4c(c5nc(C(C)(C)C)n-2c15)C(C)(C)c1ccccc1-4)-c1ccccc1C3(C)C. The molecule has 5 aromatic carbocycles. The molecular formula is C46H43BN4. The maximum absolute atomic E-state index is 5.72. The molecular weight excluding hydrogens is 619 g/mol. The van der Waals surface area contributed by atoms with Gasteiger partial charge in [0.25, 0.3) is 6.71 Å². The van der Waals surface area contributed by atoms with E-state index in [1.807, 2.05) is 0 Å². The lowest BCUT2D eigenvalue weighted by atomic mass is 9.34. The predicted molar refractivity (Wildman–Crippen MR) is 213 cm³/mol. The molecule has 0 radical (unpaired) electrons. The summed E-state index contributed by atoms with van der Waals surface area (Å²) >= 11 is 0. The second-order valence-corrected chi connectivity index (χ2v) is 18.7. The third-order valence-electron chi connectivity index (χ3n) is 12.7. The number of benzene rings is 5. The molecule has 0 N–H and O–H groups in total. The Morgan fingerprint density at radius 3 is 1.35 bits per heavy atom. The molecule has 0 amide bonds. The van der Waals surface area contributed by atoms with Gasteiger partial charge < -0.3 is 0 Å². The van der Waals surface area contributed by atoms with Gasteiger partial charge in [0, 0.05) is 33.0 Å². The number of hydrogen-bond acceptors (Lipinski definition) is 2. The van der Waals surface area contributed by atoms with Gasteiger partial charge in [0.15, 0.2) is 0 Å². The van der Waals surface area contributed by atoms with E-state index in [1.165, 1.54) is 83.3 Å². The maximum atomic E-state index is 5.72. The molecule has 0 fully saturated rings. The maximum Gasteiger partial charge on any atom is 0.252 e. The van der Waals surface area contributed by atoms with Gasteiger partial charge in [-0.25, -0.2) is 9.97 Å². The molecule has 7 aromatic rings. The van der Waals surface area contributed by atoms with Gasteiger partial charge in [-0.15, -0.1) is 0 Å². The largest absolute Gasteiger partial charge is 0.297 e. The molecule has 5 heteroatoms. The van der Waals surface area contributed by atoms with Crippen LogP contribution >= 0.6 is 0 Å². The minimum Gasteiger partial charge on any atom is -0.297 e. The Kier molecular flexibility index (Phi) is 5.12. The minimum absolute atomic E-state index is 0.0394. The van der Waals surface area contributed by atoms with Crippen molar-refractivity contribution < 1.29 is 0 Å². The summed E-state index contributed by atoms with van der Waals surface area (Å²) in [4.78, 5) is 11.4. The molecule has 0 saturated carbocycles. The number of hydrogen-bond donors (Lipinski definition) is 0. The van der Waals surface area contributed by atoms with Crippen molar-refractivity contribution in [3.05, 3.63) is 113 Å². The van der Waals surface area contributed by atoms with Crippen molar-refractivity contribution in [3.8, 4) is 33.6 Å². The van der Waals surface area contributed by atoms with E-state index < -0.39 is 0 Å². The van der Waals surface area contributed by atoms with Crippen LogP contribution in [0.5, 0.6) is 0 Å². The fourth-order valence-corrected chi connectivity index (χ4v) is 10.7. The molecule has 0 spiro atoms. The first-order valence-electron chi connectivity index (χ1n) is 18.7. The van der Waals surface area contributed by atoms with E-state index >= 15 is 0 Å². The number of imidazole rings is 2. The lowest BCUT2D eigenvalue weighted by molar-refractivity contribution is 0.537. The lowest BCUT2D eigenvalue weighted by Crippen LogP contribution is -2.60. The zero-order valence-corrected chi connectivity index (χ0v) is 31.4. The molecule has 0 bridgehead atoms. The van der Waals surface area contributed by atoms with Crippen molar-refractivity contribution >= 4 is 45.2 Å². The molecule has 250 valence electrons. The molecule has 4 nitrogen and oxygen atoms in total. The monoisotopic (exact) mass is 662 g/mol. The molecule has 2 aliphatic heterocycles. The summed E-state index contributed by atoms with van der Waals surface area (Å²) in [6.07, 6.45) is 0. The number of rotatable bonds is 0. The summed E-state index contributed by atoms with van der Waals surface area (Å²) in [5.74, 6) is 2.24. The standard InChI is InChI=1S/C46H43BN4/c1-43(2,3)41-48-37-34-26(24-16-11-13-18-28(24)45(34,7)8)22-30-39(37)50(41)32-20-15-21-33-36(32)47(30)31-23-27-25-17-12-14-19-29(25)46(9,10)35(27)38-40(31)51(33)42(49-38)44(4,5)6/h11-23H,1-10H3. The summed E-state index contributed by atoms with van der Waals surface area (Å²) in [6, 6.07) is 30.2. The molecule has 2 aliphatic carbocycles. The first-order valence-corrected chi connectivity index (χ1v) is 18.7. The van der Waals surface area contributed by atoms with Crippen LogP contribution in [0.15, 0.2) is 78.9 Å². The van der Waals surface area contributed by atoms with Gasteiger partial charge in [-0.2, -0.15) is 0 Å². The van der Waals surface area contributed by atoms with Gasteiger partial charge in [-0.1, -0.05) is 136 Å². The predicted octanol–water partition coefficient (Wildman–Crippen LogP) is 8.72. The first kappa shape index (κ1) is 29.8. The van der Waals surface area contributed by atoms with E-state index in [1.54, 1.807) is 0 Å². The van der Waals surface area contributed by atoms with Gasteiger partial charge in [-0.3, -0.25) is 9.13 Å². The average Bonchev–Trinajstić information content (AvgIpc) is 3.79. The van der Waals surface area contributed by atoms with Crippen molar-refractivity contribution in [1.82, 2.24) is 19.1 Å². The molecule has 11 rings (SSSR count). The van der Waals surface area contributed by atoms with Crippen molar-refractivity contribution in [2.45, 2.75) is 90.9 Å². The zero-order valence-electron chi connectivity index (χ0n) is 31.4. The summed E-state index contributed by atoms with van der Waals surface area (Å²) in [6.45, 7) is 23.5. The van der Waals surface area contributed by atoms with E-state index in [9.17, 15) is 0 Å². The van der Waals surface area contributed by atoms with Crippen LogP contribution in [-0.4, -0.2) is 25.8 Å². The van der Waals surface area contributed by atoms with Crippen LogP contribution in [0.2, 0.25) is 0 Å². The minimum atomic E-state index is -0.171. The Labute approximate surface area is 300 Å². The Hall–Kier alpha value is -4.90. The van der Waals surface area contributed by atoms with E-state index in [0.717, 1.165) is 22.7 Å². The number of aromatic nitrogens is 4. The Bertz CT molecular complexity index is 2590. The summed E-state index contributed by atoms with van der Waals surface area (Å²) < 4.78 is 5.09. The van der Waals surface area contributed by atoms with E-state index in [4.69, 9.17) is 9.97 Å². The fourth-order valence-electron chi connectivity index (χ4n) is 10.7. The summed E-state index contributed by atoms with van der Waals surface area (Å²) in [7, 11) is 0. The average molecular weight is 663 g/mol. The van der Waals surface area contributed by atoms with Crippen LogP contribution in [0, 0.1) is 0 Å². The third-order valence-corrected chi connectivity index (χ3v) is 12.7. The number of fused-ring (bicyclic) bond motifs is 12. The number of nitrogens with zero attached hydrogens (tertiary/aromatic N) is 4. The highest BCUT2D eigenvalue weighted by atomic mass is 15.1.